The highest BCUT2D eigenvalue weighted by Gasteiger charge is 2.31. The van der Waals surface area contributed by atoms with Gasteiger partial charge in [0.25, 0.3) is 0 Å². The fraction of sp³-hybridized carbons (Fsp3) is 0.500. The van der Waals surface area contributed by atoms with E-state index in [0.717, 1.165) is 17.8 Å². The smallest absolute Gasteiger partial charge is 0.335 e. The molecule has 1 aliphatic rings. The summed E-state index contributed by atoms with van der Waals surface area (Å²) in [7, 11) is 0. The van der Waals surface area contributed by atoms with Crippen LogP contribution in [0.15, 0.2) is 18.2 Å². The molecule has 0 aromatic heterocycles. The summed E-state index contributed by atoms with van der Waals surface area (Å²) in [5, 5.41) is 12.3. The number of anilines is 1. The third kappa shape index (κ3) is 2.60. The van der Waals surface area contributed by atoms with Crippen LogP contribution < -0.4 is 5.32 Å². The van der Waals surface area contributed by atoms with E-state index < -0.39 is 5.97 Å². The van der Waals surface area contributed by atoms with Crippen LogP contribution in [-0.4, -0.2) is 17.6 Å². The molecular weight excluding hydrogens is 214 g/mol. The Morgan fingerprint density at radius 3 is 2.65 bits per heavy atom. The maximum Gasteiger partial charge on any atom is 0.335 e. The lowest BCUT2D eigenvalue weighted by molar-refractivity contribution is 0.0696. The summed E-state index contributed by atoms with van der Waals surface area (Å²) in [6.45, 7) is 5.10. The van der Waals surface area contributed by atoms with Gasteiger partial charge in [0.15, 0.2) is 0 Å². The minimum Gasteiger partial charge on any atom is -0.478 e. The second-order valence-corrected chi connectivity index (χ2v) is 5.35. The normalized spacial score (nSPS) is 17.3. The van der Waals surface area contributed by atoms with Crippen molar-refractivity contribution < 1.29 is 9.90 Å². The average Bonchev–Trinajstić information content (AvgIpc) is 2.23. The molecule has 92 valence electrons. The van der Waals surface area contributed by atoms with Crippen molar-refractivity contribution in [2.75, 3.05) is 11.9 Å². The van der Waals surface area contributed by atoms with Crippen LogP contribution in [0, 0.1) is 12.3 Å². The zero-order chi connectivity index (χ0) is 12.5. The van der Waals surface area contributed by atoms with Crippen molar-refractivity contribution in [1.29, 1.82) is 0 Å². The molecule has 3 heteroatoms. The lowest BCUT2D eigenvalue weighted by atomic mass is 9.70. The van der Waals surface area contributed by atoms with Crippen LogP contribution in [0.4, 0.5) is 5.69 Å². The molecule has 0 unspecified atom stereocenters. The first-order valence-corrected chi connectivity index (χ1v) is 6.08. The van der Waals surface area contributed by atoms with Crippen LogP contribution in [0.1, 0.15) is 42.1 Å². The fourth-order valence-electron chi connectivity index (χ4n) is 2.29. The van der Waals surface area contributed by atoms with E-state index in [-0.39, 0.29) is 0 Å². The van der Waals surface area contributed by atoms with Crippen LogP contribution in [0.25, 0.3) is 0 Å². The molecule has 1 saturated carbocycles. The highest BCUT2D eigenvalue weighted by Crippen LogP contribution is 2.40. The minimum atomic E-state index is -0.861. The van der Waals surface area contributed by atoms with Gasteiger partial charge >= 0.3 is 5.97 Å². The van der Waals surface area contributed by atoms with Gasteiger partial charge in [-0.25, -0.2) is 4.79 Å². The number of benzene rings is 1. The lowest BCUT2D eigenvalue weighted by Gasteiger charge is -2.38. The molecule has 0 saturated heterocycles. The molecule has 1 fully saturated rings. The van der Waals surface area contributed by atoms with E-state index in [1.807, 2.05) is 19.1 Å². The predicted octanol–water partition coefficient (Wildman–Crippen LogP) is 3.30. The maximum atomic E-state index is 10.9. The Morgan fingerprint density at radius 1 is 1.47 bits per heavy atom. The first-order chi connectivity index (χ1) is 8.00. The molecule has 1 aliphatic carbocycles. The van der Waals surface area contributed by atoms with Crippen molar-refractivity contribution in [3.05, 3.63) is 29.3 Å². The molecule has 17 heavy (non-hydrogen) atoms. The SMILES string of the molecule is Cc1cc(NCC2(C)CCC2)ccc1C(=O)O. The van der Waals surface area contributed by atoms with Gasteiger partial charge in [0.2, 0.25) is 0 Å². The number of aryl methyl sites for hydroxylation is 1. The van der Waals surface area contributed by atoms with Crippen LogP contribution in [0.5, 0.6) is 0 Å². The molecule has 0 spiro atoms. The van der Waals surface area contributed by atoms with Gasteiger partial charge in [0.1, 0.15) is 0 Å². The van der Waals surface area contributed by atoms with Gasteiger partial charge in [-0.2, -0.15) is 0 Å². The summed E-state index contributed by atoms with van der Waals surface area (Å²) < 4.78 is 0. The Labute approximate surface area is 102 Å². The van der Waals surface area contributed by atoms with Crippen molar-refractivity contribution in [3.63, 3.8) is 0 Å². The summed E-state index contributed by atoms with van der Waals surface area (Å²) in [5.74, 6) is -0.861. The Morgan fingerprint density at radius 2 is 2.18 bits per heavy atom. The molecule has 1 aromatic carbocycles. The summed E-state index contributed by atoms with van der Waals surface area (Å²) in [4.78, 5) is 10.9. The van der Waals surface area contributed by atoms with Gasteiger partial charge in [0.05, 0.1) is 5.56 Å². The molecule has 0 heterocycles. The second kappa shape index (κ2) is 4.40. The van der Waals surface area contributed by atoms with E-state index in [1.165, 1.54) is 19.3 Å². The Hall–Kier alpha value is -1.51. The van der Waals surface area contributed by atoms with E-state index >= 15 is 0 Å². The van der Waals surface area contributed by atoms with E-state index in [4.69, 9.17) is 5.11 Å². The van der Waals surface area contributed by atoms with Gasteiger partial charge in [-0.3, -0.25) is 0 Å². The Balaban J connectivity index is 2.02. The quantitative estimate of drug-likeness (QED) is 0.839. The standard InChI is InChI=1S/C14H19NO2/c1-10-8-11(4-5-12(10)13(16)17)15-9-14(2)6-3-7-14/h4-5,8,15H,3,6-7,9H2,1-2H3,(H,16,17). The van der Waals surface area contributed by atoms with Crippen molar-refractivity contribution in [2.45, 2.75) is 33.1 Å². The zero-order valence-corrected chi connectivity index (χ0v) is 10.4. The van der Waals surface area contributed by atoms with E-state index in [1.54, 1.807) is 6.07 Å². The number of hydrogen-bond acceptors (Lipinski definition) is 2. The molecule has 2 rings (SSSR count). The third-order valence-corrected chi connectivity index (χ3v) is 3.74. The van der Waals surface area contributed by atoms with Crippen molar-refractivity contribution >= 4 is 11.7 Å². The monoisotopic (exact) mass is 233 g/mol. The summed E-state index contributed by atoms with van der Waals surface area (Å²) in [6.07, 6.45) is 3.90. The fourth-order valence-corrected chi connectivity index (χ4v) is 2.29. The van der Waals surface area contributed by atoms with Crippen LogP contribution >= 0.6 is 0 Å². The largest absolute Gasteiger partial charge is 0.478 e. The van der Waals surface area contributed by atoms with Gasteiger partial charge < -0.3 is 10.4 Å². The molecule has 0 amide bonds. The molecule has 0 radical (unpaired) electrons. The van der Waals surface area contributed by atoms with Gasteiger partial charge in [-0.1, -0.05) is 13.3 Å². The molecule has 3 nitrogen and oxygen atoms in total. The Bertz CT molecular complexity index is 436. The molecule has 1 aromatic rings. The molecule has 0 bridgehead atoms. The predicted molar refractivity (Wildman–Crippen MR) is 68.6 cm³/mol. The van der Waals surface area contributed by atoms with Crippen molar-refractivity contribution in [1.82, 2.24) is 0 Å². The van der Waals surface area contributed by atoms with Crippen LogP contribution in [0.3, 0.4) is 0 Å². The first kappa shape index (κ1) is 12.0. The van der Waals surface area contributed by atoms with Crippen molar-refractivity contribution in [3.8, 4) is 0 Å². The summed E-state index contributed by atoms with van der Waals surface area (Å²) in [6, 6.07) is 5.42. The van der Waals surface area contributed by atoms with E-state index in [2.05, 4.69) is 12.2 Å². The van der Waals surface area contributed by atoms with E-state index in [9.17, 15) is 4.79 Å². The van der Waals surface area contributed by atoms with Crippen molar-refractivity contribution in [2.24, 2.45) is 5.41 Å². The molecule has 0 atom stereocenters. The topological polar surface area (TPSA) is 49.3 Å². The number of carbonyl (C=O) groups is 1. The highest BCUT2D eigenvalue weighted by molar-refractivity contribution is 5.89. The van der Waals surface area contributed by atoms with Crippen LogP contribution in [-0.2, 0) is 0 Å². The van der Waals surface area contributed by atoms with E-state index in [0.29, 0.717) is 11.0 Å². The van der Waals surface area contributed by atoms with Gasteiger partial charge in [0, 0.05) is 12.2 Å². The van der Waals surface area contributed by atoms with Gasteiger partial charge in [-0.15, -0.1) is 0 Å². The van der Waals surface area contributed by atoms with Gasteiger partial charge in [-0.05, 0) is 48.9 Å². The first-order valence-electron chi connectivity index (χ1n) is 6.08. The summed E-state index contributed by atoms with van der Waals surface area (Å²) in [5.41, 5.74) is 2.63. The number of rotatable bonds is 4. The molecule has 2 N–H and O–H groups in total. The third-order valence-electron chi connectivity index (χ3n) is 3.74. The molecule has 0 aliphatic heterocycles. The minimum absolute atomic E-state index is 0.380. The summed E-state index contributed by atoms with van der Waals surface area (Å²) >= 11 is 0. The number of carboxylic acid groups (broad SMARTS) is 1. The number of hydrogen-bond donors (Lipinski definition) is 2. The Kier molecular flexibility index (Phi) is 3.09. The highest BCUT2D eigenvalue weighted by atomic mass is 16.4. The van der Waals surface area contributed by atoms with Crippen LogP contribution in [0.2, 0.25) is 0 Å². The second-order valence-electron chi connectivity index (χ2n) is 5.35. The number of aromatic carboxylic acids is 1. The maximum absolute atomic E-state index is 10.9. The average molecular weight is 233 g/mol. The zero-order valence-electron chi connectivity index (χ0n) is 10.4. The molecular formula is C14H19NO2. The number of nitrogens with one attached hydrogen (secondary N) is 1. The lowest BCUT2D eigenvalue weighted by Crippen LogP contribution is -2.33. The number of carboxylic acids is 1.